The Morgan fingerprint density at radius 2 is 1.43 bits per heavy atom. The van der Waals surface area contributed by atoms with Crippen molar-refractivity contribution in [2.24, 2.45) is 17.8 Å². The van der Waals surface area contributed by atoms with E-state index >= 15 is 0 Å². The van der Waals surface area contributed by atoms with Gasteiger partial charge in [-0.3, -0.25) is 0 Å². The molecule has 0 aliphatic heterocycles. The van der Waals surface area contributed by atoms with Crippen LogP contribution in [0.4, 0.5) is 4.39 Å². The molecule has 0 radical (unpaired) electrons. The monoisotopic (exact) mass is 316 g/mol. The van der Waals surface area contributed by atoms with Crippen LogP contribution < -0.4 is 0 Å². The summed E-state index contributed by atoms with van der Waals surface area (Å²) in [5, 5.41) is 0. The second kappa shape index (κ2) is 7.81. The van der Waals surface area contributed by atoms with E-state index in [0.29, 0.717) is 5.92 Å². The van der Waals surface area contributed by atoms with Crippen molar-refractivity contribution in [1.82, 2.24) is 0 Å². The minimum Gasteiger partial charge on any atom is -0.207 e. The summed E-state index contributed by atoms with van der Waals surface area (Å²) in [5.74, 6) is 3.47. The van der Waals surface area contributed by atoms with E-state index < -0.39 is 0 Å². The Hall–Kier alpha value is -0.850. The number of rotatable bonds is 4. The summed E-state index contributed by atoms with van der Waals surface area (Å²) in [6, 6.07) is 5.87. The Morgan fingerprint density at radius 1 is 0.870 bits per heavy atom. The quantitative estimate of drug-likeness (QED) is 0.560. The molecule has 2 aliphatic carbocycles. The van der Waals surface area contributed by atoms with Crippen LogP contribution in [0.15, 0.2) is 18.2 Å². The van der Waals surface area contributed by atoms with Crippen molar-refractivity contribution < 1.29 is 4.39 Å². The van der Waals surface area contributed by atoms with E-state index in [-0.39, 0.29) is 5.82 Å². The number of benzene rings is 1. The van der Waals surface area contributed by atoms with Gasteiger partial charge in [-0.1, -0.05) is 57.6 Å². The van der Waals surface area contributed by atoms with Crippen molar-refractivity contribution in [2.45, 2.75) is 84.0 Å². The Kier molecular flexibility index (Phi) is 5.77. The van der Waals surface area contributed by atoms with Gasteiger partial charge in [0.25, 0.3) is 0 Å². The maximum absolute atomic E-state index is 13.8. The fraction of sp³-hybridized carbons (Fsp3) is 0.727. The van der Waals surface area contributed by atoms with Gasteiger partial charge in [0.05, 0.1) is 0 Å². The zero-order chi connectivity index (χ0) is 16.2. The van der Waals surface area contributed by atoms with Crippen molar-refractivity contribution in [1.29, 1.82) is 0 Å². The van der Waals surface area contributed by atoms with Crippen LogP contribution in [0.1, 0.15) is 88.2 Å². The third kappa shape index (κ3) is 4.58. The van der Waals surface area contributed by atoms with Crippen molar-refractivity contribution in [3.05, 3.63) is 35.1 Å². The molecule has 0 heterocycles. The predicted molar refractivity (Wildman–Crippen MR) is 96.2 cm³/mol. The molecule has 2 saturated carbocycles. The topological polar surface area (TPSA) is 0 Å². The molecular weight excluding hydrogens is 283 g/mol. The van der Waals surface area contributed by atoms with Gasteiger partial charge >= 0.3 is 0 Å². The van der Waals surface area contributed by atoms with Crippen LogP contribution in [0.2, 0.25) is 0 Å². The summed E-state index contributed by atoms with van der Waals surface area (Å²) in [7, 11) is 0. The lowest BCUT2D eigenvalue weighted by atomic mass is 9.74. The molecule has 3 rings (SSSR count). The lowest BCUT2D eigenvalue weighted by Crippen LogP contribution is -2.17. The summed E-state index contributed by atoms with van der Waals surface area (Å²) in [5.41, 5.74) is 2.00. The summed E-state index contributed by atoms with van der Waals surface area (Å²) >= 11 is 0. The molecule has 1 heteroatoms. The van der Waals surface area contributed by atoms with Gasteiger partial charge < -0.3 is 0 Å². The normalized spacial score (nSPS) is 32.0. The molecule has 23 heavy (non-hydrogen) atoms. The summed E-state index contributed by atoms with van der Waals surface area (Å²) in [6.07, 6.45) is 14.0. The SMILES string of the molecule is Cc1ccc(C2CCC(CCC3CCC(C)CC3)CC2)cc1F. The lowest BCUT2D eigenvalue weighted by Gasteiger charge is -2.31. The van der Waals surface area contributed by atoms with Crippen LogP contribution in [0, 0.1) is 30.5 Å². The fourth-order valence-electron chi connectivity index (χ4n) is 4.74. The molecule has 1 aromatic carbocycles. The first-order valence-electron chi connectivity index (χ1n) is 9.88. The van der Waals surface area contributed by atoms with Crippen LogP contribution in [0.25, 0.3) is 0 Å². The van der Waals surface area contributed by atoms with Crippen molar-refractivity contribution in [3.63, 3.8) is 0 Å². The second-order valence-electron chi connectivity index (χ2n) is 8.43. The Bertz CT molecular complexity index is 491. The number of hydrogen-bond donors (Lipinski definition) is 0. The molecule has 128 valence electrons. The third-order valence-electron chi connectivity index (χ3n) is 6.63. The molecule has 0 N–H and O–H groups in total. The first-order chi connectivity index (χ1) is 11.1. The Labute approximate surface area is 141 Å². The van der Waals surface area contributed by atoms with Crippen molar-refractivity contribution in [2.75, 3.05) is 0 Å². The molecule has 0 spiro atoms. The minimum absolute atomic E-state index is 0.0313. The molecule has 2 fully saturated rings. The van der Waals surface area contributed by atoms with Crippen molar-refractivity contribution in [3.8, 4) is 0 Å². The zero-order valence-corrected chi connectivity index (χ0v) is 15.0. The highest BCUT2D eigenvalue weighted by atomic mass is 19.1. The maximum Gasteiger partial charge on any atom is 0.126 e. The fourth-order valence-corrected chi connectivity index (χ4v) is 4.74. The van der Waals surface area contributed by atoms with E-state index in [4.69, 9.17) is 0 Å². The van der Waals surface area contributed by atoms with Gasteiger partial charge in [0.1, 0.15) is 5.82 Å². The third-order valence-corrected chi connectivity index (χ3v) is 6.63. The lowest BCUT2D eigenvalue weighted by molar-refractivity contribution is 0.237. The van der Waals surface area contributed by atoms with E-state index in [1.54, 1.807) is 6.07 Å². The molecular formula is C22H33F. The van der Waals surface area contributed by atoms with Gasteiger partial charge in [-0.2, -0.15) is 0 Å². The molecule has 0 bridgehead atoms. The molecule has 0 saturated heterocycles. The van der Waals surface area contributed by atoms with Crippen LogP contribution in [-0.2, 0) is 0 Å². The summed E-state index contributed by atoms with van der Waals surface area (Å²) in [4.78, 5) is 0. The van der Waals surface area contributed by atoms with E-state index in [0.717, 1.165) is 23.3 Å². The molecule has 2 aliphatic rings. The van der Waals surface area contributed by atoms with Gasteiger partial charge in [0, 0.05) is 0 Å². The molecule has 0 nitrogen and oxygen atoms in total. The van der Waals surface area contributed by atoms with Crippen LogP contribution in [0.5, 0.6) is 0 Å². The van der Waals surface area contributed by atoms with Gasteiger partial charge in [-0.15, -0.1) is 0 Å². The zero-order valence-electron chi connectivity index (χ0n) is 15.0. The summed E-state index contributed by atoms with van der Waals surface area (Å²) in [6.45, 7) is 4.26. The van der Waals surface area contributed by atoms with Crippen LogP contribution in [0.3, 0.4) is 0 Å². The largest absolute Gasteiger partial charge is 0.207 e. The van der Waals surface area contributed by atoms with Gasteiger partial charge in [0.15, 0.2) is 0 Å². The van der Waals surface area contributed by atoms with E-state index in [1.807, 2.05) is 13.0 Å². The second-order valence-corrected chi connectivity index (χ2v) is 8.43. The Balaban J connectivity index is 1.42. The first kappa shape index (κ1) is 17.0. The van der Waals surface area contributed by atoms with Gasteiger partial charge in [0.2, 0.25) is 0 Å². The first-order valence-corrected chi connectivity index (χ1v) is 9.88. The average Bonchev–Trinajstić information content (AvgIpc) is 2.57. The number of halogens is 1. The van der Waals surface area contributed by atoms with Gasteiger partial charge in [-0.05, 0) is 73.5 Å². The van der Waals surface area contributed by atoms with E-state index in [2.05, 4.69) is 13.0 Å². The maximum atomic E-state index is 13.8. The molecule has 0 aromatic heterocycles. The minimum atomic E-state index is -0.0313. The van der Waals surface area contributed by atoms with Crippen LogP contribution >= 0.6 is 0 Å². The molecule has 0 unspecified atom stereocenters. The standard InChI is InChI=1S/C22H33F/c1-16-3-6-18(7-4-16)8-9-19-10-13-20(14-11-19)21-12-5-17(2)22(23)15-21/h5,12,15-16,18-20H,3-4,6-11,13-14H2,1-2H3. The van der Waals surface area contributed by atoms with Gasteiger partial charge in [-0.25, -0.2) is 4.39 Å². The van der Waals surface area contributed by atoms with Crippen LogP contribution in [-0.4, -0.2) is 0 Å². The highest BCUT2D eigenvalue weighted by Gasteiger charge is 2.24. The smallest absolute Gasteiger partial charge is 0.126 e. The van der Waals surface area contributed by atoms with Crippen molar-refractivity contribution >= 4 is 0 Å². The average molecular weight is 317 g/mol. The summed E-state index contributed by atoms with van der Waals surface area (Å²) < 4.78 is 13.8. The predicted octanol–water partition coefficient (Wildman–Crippen LogP) is 7.01. The number of hydrogen-bond acceptors (Lipinski definition) is 0. The number of aryl methyl sites for hydroxylation is 1. The molecule has 0 amide bonds. The molecule has 0 atom stereocenters. The van der Waals surface area contributed by atoms with E-state index in [1.165, 1.54) is 69.8 Å². The Morgan fingerprint density at radius 3 is 2.00 bits per heavy atom. The highest BCUT2D eigenvalue weighted by Crippen LogP contribution is 2.39. The molecule has 1 aromatic rings. The van der Waals surface area contributed by atoms with E-state index in [9.17, 15) is 4.39 Å². The highest BCUT2D eigenvalue weighted by molar-refractivity contribution is 5.26.